The molecule has 0 unspecified atom stereocenters. The van der Waals surface area contributed by atoms with E-state index < -0.39 is 0 Å². The zero-order chi connectivity index (χ0) is 12.0. The van der Waals surface area contributed by atoms with Crippen molar-refractivity contribution < 1.29 is 9.53 Å². The summed E-state index contributed by atoms with van der Waals surface area (Å²) in [6.07, 6.45) is 0. The van der Waals surface area contributed by atoms with Gasteiger partial charge in [-0.05, 0) is 37.1 Å². The molecule has 0 aliphatic carbocycles. The first-order valence-electron chi connectivity index (χ1n) is 4.96. The lowest BCUT2D eigenvalue weighted by Crippen LogP contribution is -2.29. The second kappa shape index (κ2) is 5.76. The maximum Gasteiger partial charge on any atom is 0.258 e. The van der Waals surface area contributed by atoms with Gasteiger partial charge in [-0.15, -0.1) is 0 Å². The van der Waals surface area contributed by atoms with Crippen LogP contribution in [0.15, 0.2) is 18.2 Å². The van der Waals surface area contributed by atoms with Crippen molar-refractivity contribution in [2.24, 2.45) is 0 Å². The predicted molar refractivity (Wildman–Crippen MR) is 60.0 cm³/mol. The van der Waals surface area contributed by atoms with Crippen LogP contribution in [0.5, 0.6) is 5.75 Å². The van der Waals surface area contributed by atoms with E-state index in [1.165, 1.54) is 0 Å². The van der Waals surface area contributed by atoms with E-state index in [0.717, 1.165) is 11.1 Å². The Morgan fingerprint density at radius 1 is 1.38 bits per heavy atom. The van der Waals surface area contributed by atoms with Crippen LogP contribution in [0.25, 0.3) is 0 Å². The molecule has 0 aliphatic heterocycles. The largest absolute Gasteiger partial charge is 0.484 e. The molecule has 84 valence electrons. The smallest absolute Gasteiger partial charge is 0.258 e. The summed E-state index contributed by atoms with van der Waals surface area (Å²) in [5.41, 5.74) is 2.18. The van der Waals surface area contributed by atoms with E-state index in [0.29, 0.717) is 5.75 Å². The zero-order valence-electron chi connectivity index (χ0n) is 9.41. The van der Waals surface area contributed by atoms with Gasteiger partial charge in [0, 0.05) is 0 Å². The van der Waals surface area contributed by atoms with Gasteiger partial charge in [0.15, 0.2) is 6.61 Å². The lowest BCUT2D eigenvalue weighted by Gasteiger charge is -2.07. The monoisotopic (exact) mass is 218 g/mol. The Hall–Kier alpha value is -2.02. The molecule has 0 bridgehead atoms. The maximum atomic E-state index is 11.2. The average Bonchev–Trinajstić information content (AvgIpc) is 2.22. The normalized spacial score (nSPS) is 9.31. The minimum Gasteiger partial charge on any atom is -0.484 e. The van der Waals surface area contributed by atoms with Gasteiger partial charge in [-0.25, -0.2) is 0 Å². The Kier molecular flexibility index (Phi) is 4.34. The summed E-state index contributed by atoms with van der Waals surface area (Å²) >= 11 is 0. The Morgan fingerprint density at radius 3 is 2.56 bits per heavy atom. The van der Waals surface area contributed by atoms with Crippen molar-refractivity contribution in [1.29, 1.82) is 5.26 Å². The number of amides is 1. The summed E-state index contributed by atoms with van der Waals surface area (Å²) in [6, 6.07) is 7.59. The molecule has 1 aromatic rings. The third-order valence-electron chi connectivity index (χ3n) is 1.93. The molecule has 0 aromatic heterocycles. The van der Waals surface area contributed by atoms with E-state index >= 15 is 0 Å². The molecule has 0 spiro atoms. The van der Waals surface area contributed by atoms with E-state index in [9.17, 15) is 4.79 Å². The molecule has 1 N–H and O–H groups in total. The minimum atomic E-state index is -0.291. The number of hydrogen-bond acceptors (Lipinski definition) is 3. The van der Waals surface area contributed by atoms with Crippen molar-refractivity contribution >= 4 is 5.91 Å². The highest BCUT2D eigenvalue weighted by atomic mass is 16.5. The highest BCUT2D eigenvalue weighted by molar-refractivity contribution is 5.77. The molecule has 1 amide bonds. The lowest BCUT2D eigenvalue weighted by molar-refractivity contribution is -0.122. The van der Waals surface area contributed by atoms with Crippen LogP contribution in [0.4, 0.5) is 0 Å². The van der Waals surface area contributed by atoms with Crippen LogP contribution in [0.3, 0.4) is 0 Å². The first-order chi connectivity index (χ1) is 7.61. The molecule has 0 saturated heterocycles. The van der Waals surface area contributed by atoms with Gasteiger partial charge in [-0.1, -0.05) is 6.07 Å². The van der Waals surface area contributed by atoms with E-state index in [-0.39, 0.29) is 19.1 Å². The summed E-state index contributed by atoms with van der Waals surface area (Å²) in [5.74, 6) is 0.380. The van der Waals surface area contributed by atoms with Crippen LogP contribution in [-0.4, -0.2) is 19.1 Å². The number of ether oxygens (including phenoxy) is 1. The predicted octanol–water partition coefficient (Wildman–Crippen LogP) is 1.32. The second-order valence-corrected chi connectivity index (χ2v) is 3.55. The van der Waals surface area contributed by atoms with Gasteiger partial charge >= 0.3 is 0 Å². The van der Waals surface area contributed by atoms with Crippen LogP contribution in [0.1, 0.15) is 11.1 Å². The number of carbonyl (C=O) groups is 1. The van der Waals surface area contributed by atoms with Gasteiger partial charge in [0.2, 0.25) is 0 Å². The van der Waals surface area contributed by atoms with Gasteiger partial charge in [0.1, 0.15) is 12.3 Å². The Balaban J connectivity index is 2.48. The Bertz CT molecular complexity index is 401. The van der Waals surface area contributed by atoms with Crippen molar-refractivity contribution in [2.75, 3.05) is 13.2 Å². The third kappa shape index (κ3) is 4.01. The SMILES string of the molecule is Cc1cc(C)cc(OCC(=O)NCC#N)c1. The zero-order valence-corrected chi connectivity index (χ0v) is 9.41. The molecule has 16 heavy (non-hydrogen) atoms. The number of nitrogens with one attached hydrogen (secondary N) is 1. The molecule has 0 atom stereocenters. The average molecular weight is 218 g/mol. The molecule has 1 rings (SSSR count). The molecule has 0 heterocycles. The van der Waals surface area contributed by atoms with E-state index in [1.54, 1.807) is 0 Å². The fourth-order valence-corrected chi connectivity index (χ4v) is 1.35. The van der Waals surface area contributed by atoms with E-state index in [1.807, 2.05) is 38.1 Å². The first-order valence-corrected chi connectivity index (χ1v) is 4.96. The van der Waals surface area contributed by atoms with Gasteiger partial charge in [0.05, 0.1) is 6.07 Å². The minimum absolute atomic E-state index is 0.00897. The summed E-state index contributed by atoms with van der Waals surface area (Å²) in [4.78, 5) is 11.2. The lowest BCUT2D eigenvalue weighted by atomic mass is 10.1. The summed E-state index contributed by atoms with van der Waals surface area (Å²) in [7, 11) is 0. The van der Waals surface area contributed by atoms with Crippen molar-refractivity contribution in [1.82, 2.24) is 5.32 Å². The molecular formula is C12H14N2O2. The number of hydrogen-bond donors (Lipinski definition) is 1. The molecular weight excluding hydrogens is 204 g/mol. The Labute approximate surface area is 94.8 Å². The topological polar surface area (TPSA) is 62.1 Å². The quantitative estimate of drug-likeness (QED) is 0.775. The fourth-order valence-electron chi connectivity index (χ4n) is 1.35. The van der Waals surface area contributed by atoms with E-state index in [4.69, 9.17) is 10.00 Å². The number of nitriles is 1. The van der Waals surface area contributed by atoms with Crippen molar-refractivity contribution in [3.8, 4) is 11.8 Å². The van der Waals surface area contributed by atoms with Crippen LogP contribution < -0.4 is 10.1 Å². The maximum absolute atomic E-state index is 11.2. The van der Waals surface area contributed by atoms with Crippen LogP contribution >= 0.6 is 0 Å². The highest BCUT2D eigenvalue weighted by Gasteiger charge is 2.02. The first kappa shape index (κ1) is 12.1. The van der Waals surface area contributed by atoms with Crippen LogP contribution in [-0.2, 0) is 4.79 Å². The summed E-state index contributed by atoms with van der Waals surface area (Å²) < 4.78 is 5.31. The van der Waals surface area contributed by atoms with Crippen molar-refractivity contribution in [3.63, 3.8) is 0 Å². The molecule has 0 saturated carbocycles. The van der Waals surface area contributed by atoms with Gasteiger partial charge in [0.25, 0.3) is 5.91 Å². The number of benzene rings is 1. The highest BCUT2D eigenvalue weighted by Crippen LogP contribution is 2.15. The van der Waals surface area contributed by atoms with Gasteiger partial charge in [-0.2, -0.15) is 5.26 Å². The molecule has 4 heteroatoms. The Morgan fingerprint density at radius 2 is 2.00 bits per heavy atom. The third-order valence-corrected chi connectivity index (χ3v) is 1.93. The fraction of sp³-hybridized carbons (Fsp3) is 0.333. The van der Waals surface area contributed by atoms with Crippen molar-refractivity contribution in [2.45, 2.75) is 13.8 Å². The number of nitrogens with zero attached hydrogens (tertiary/aromatic N) is 1. The van der Waals surface area contributed by atoms with Gasteiger partial charge in [-0.3, -0.25) is 4.79 Å². The molecule has 0 radical (unpaired) electrons. The molecule has 4 nitrogen and oxygen atoms in total. The molecule has 1 aromatic carbocycles. The molecule has 0 aliphatic rings. The van der Waals surface area contributed by atoms with Gasteiger partial charge < -0.3 is 10.1 Å². The number of aryl methyl sites for hydroxylation is 2. The van der Waals surface area contributed by atoms with Crippen molar-refractivity contribution in [3.05, 3.63) is 29.3 Å². The molecule has 0 fully saturated rings. The standard InChI is InChI=1S/C12H14N2O2/c1-9-5-10(2)7-11(6-9)16-8-12(15)14-4-3-13/h5-7H,4,8H2,1-2H3,(H,14,15). The second-order valence-electron chi connectivity index (χ2n) is 3.55. The summed E-state index contributed by atoms with van der Waals surface area (Å²) in [5, 5.41) is 10.7. The van der Waals surface area contributed by atoms with Crippen LogP contribution in [0, 0.1) is 25.2 Å². The number of rotatable bonds is 4. The number of carbonyl (C=O) groups excluding carboxylic acids is 1. The van der Waals surface area contributed by atoms with E-state index in [2.05, 4.69) is 5.32 Å². The van der Waals surface area contributed by atoms with Crippen LogP contribution in [0.2, 0.25) is 0 Å². The summed E-state index contributed by atoms with van der Waals surface area (Å²) in [6.45, 7) is 3.88.